The van der Waals surface area contributed by atoms with Crippen molar-refractivity contribution in [2.75, 3.05) is 4.58 Å². The molecule has 20 heavy (non-hydrogen) atoms. The maximum absolute atomic E-state index is 11.7. The van der Waals surface area contributed by atoms with E-state index in [0.717, 1.165) is 23.3 Å². The van der Waals surface area contributed by atoms with E-state index in [1.165, 1.54) is 32.1 Å². The minimum absolute atomic E-state index is 0.264. The van der Waals surface area contributed by atoms with Gasteiger partial charge in [0.05, 0.1) is 17.5 Å². The Bertz CT molecular complexity index is 404. The van der Waals surface area contributed by atoms with Crippen LogP contribution < -0.4 is 4.58 Å². The van der Waals surface area contributed by atoms with Crippen LogP contribution in [0.15, 0.2) is 30.3 Å². The van der Waals surface area contributed by atoms with Crippen molar-refractivity contribution in [1.82, 2.24) is 0 Å². The molecule has 1 aliphatic carbocycles. The zero-order valence-electron chi connectivity index (χ0n) is 11.8. The topological polar surface area (TPSA) is 29.5 Å². The molecule has 0 aliphatic heterocycles. The summed E-state index contributed by atoms with van der Waals surface area (Å²) in [6.45, 7) is 0. The number of hydrogen-bond acceptors (Lipinski definition) is 3. The van der Waals surface area contributed by atoms with Gasteiger partial charge in [-0.15, -0.1) is 4.58 Å². The first-order valence-electron chi connectivity index (χ1n) is 7.47. The average molecular weight is 296 g/mol. The van der Waals surface area contributed by atoms with Gasteiger partial charge in [-0.2, -0.15) is 0 Å². The highest BCUT2D eigenvalue weighted by atomic mass is 35.5. The predicted octanol–water partition coefficient (Wildman–Crippen LogP) is 4.86. The third kappa shape index (κ3) is 5.04. The van der Waals surface area contributed by atoms with E-state index in [4.69, 9.17) is 16.6 Å². The zero-order valence-corrected chi connectivity index (χ0v) is 12.5. The quantitative estimate of drug-likeness (QED) is 0.555. The van der Waals surface area contributed by atoms with E-state index in [2.05, 4.69) is 0 Å². The average Bonchev–Trinajstić information content (AvgIpc) is 2.49. The Kier molecular flexibility index (Phi) is 6.19. The molecule has 110 valence electrons. The first kappa shape index (κ1) is 15.2. The minimum Gasteiger partial charge on any atom is -0.325 e. The fourth-order valence-corrected chi connectivity index (χ4v) is 2.93. The van der Waals surface area contributed by atoms with Gasteiger partial charge in [0, 0.05) is 6.42 Å². The Hall–Kier alpha value is -1.22. The van der Waals surface area contributed by atoms with Gasteiger partial charge >= 0.3 is 5.97 Å². The number of para-hydroxylation sites is 1. The lowest BCUT2D eigenvalue weighted by Crippen LogP contribution is -2.17. The van der Waals surface area contributed by atoms with E-state index in [1.807, 2.05) is 18.2 Å². The van der Waals surface area contributed by atoms with E-state index in [0.29, 0.717) is 12.1 Å². The molecule has 1 aliphatic rings. The van der Waals surface area contributed by atoms with Crippen LogP contribution in [0.1, 0.15) is 51.4 Å². The van der Waals surface area contributed by atoms with Crippen LogP contribution in [-0.2, 0) is 9.63 Å². The molecule has 0 amide bonds. The molecule has 0 spiro atoms. The number of carbonyl (C=O) groups is 1. The summed E-state index contributed by atoms with van der Waals surface area (Å²) >= 11 is 5.92. The molecule has 1 saturated carbocycles. The lowest BCUT2D eigenvalue weighted by Gasteiger charge is -2.21. The molecular weight excluding hydrogens is 274 g/mol. The van der Waals surface area contributed by atoms with Crippen LogP contribution in [0.25, 0.3) is 0 Å². The second-order valence-corrected chi connectivity index (χ2v) is 5.75. The van der Waals surface area contributed by atoms with Crippen LogP contribution in [0.3, 0.4) is 0 Å². The van der Waals surface area contributed by atoms with Crippen LogP contribution in [0.2, 0.25) is 0 Å². The molecule has 0 N–H and O–H groups in total. The molecule has 1 fully saturated rings. The number of hydrogen-bond donors (Lipinski definition) is 0. The van der Waals surface area contributed by atoms with Gasteiger partial charge in [0.25, 0.3) is 0 Å². The SMILES string of the molecule is O=C(CCCC1CCCCC1)ON(Cl)c1ccccc1. The lowest BCUT2D eigenvalue weighted by atomic mass is 9.86. The van der Waals surface area contributed by atoms with E-state index in [1.54, 1.807) is 12.1 Å². The smallest absolute Gasteiger partial charge is 0.325 e. The third-order valence-corrected chi connectivity index (χ3v) is 4.12. The summed E-state index contributed by atoms with van der Waals surface area (Å²) in [6.07, 6.45) is 9.16. The number of rotatable bonds is 6. The van der Waals surface area contributed by atoms with Crippen LogP contribution in [0, 0.1) is 5.92 Å². The lowest BCUT2D eigenvalue weighted by molar-refractivity contribution is -0.143. The van der Waals surface area contributed by atoms with Crippen molar-refractivity contribution >= 4 is 23.4 Å². The van der Waals surface area contributed by atoms with Crippen LogP contribution in [-0.4, -0.2) is 5.97 Å². The second-order valence-electron chi connectivity index (χ2n) is 5.44. The summed E-state index contributed by atoms with van der Waals surface area (Å²) in [5.41, 5.74) is 0.662. The monoisotopic (exact) mass is 295 g/mol. The minimum atomic E-state index is -0.264. The number of halogens is 1. The first-order chi connectivity index (χ1) is 9.75. The summed E-state index contributed by atoms with van der Waals surface area (Å²) in [5.74, 6) is 0.539. The molecule has 0 radical (unpaired) electrons. The Morgan fingerprint density at radius 1 is 1.20 bits per heavy atom. The standard InChI is InChI=1S/C16H22ClNO2/c17-18(15-11-5-2-6-12-15)20-16(19)13-7-10-14-8-3-1-4-9-14/h2,5-6,11-12,14H,1,3-4,7-10,13H2. The van der Waals surface area contributed by atoms with Gasteiger partial charge in [-0.3, -0.25) is 0 Å². The fourth-order valence-electron chi connectivity index (χ4n) is 2.74. The van der Waals surface area contributed by atoms with Crippen molar-refractivity contribution in [2.45, 2.75) is 51.4 Å². The molecule has 0 heterocycles. The molecule has 3 nitrogen and oxygen atoms in total. The van der Waals surface area contributed by atoms with Crippen LogP contribution in [0.5, 0.6) is 0 Å². The Morgan fingerprint density at radius 3 is 2.60 bits per heavy atom. The molecule has 0 saturated heterocycles. The van der Waals surface area contributed by atoms with E-state index in [-0.39, 0.29) is 5.97 Å². The highest BCUT2D eigenvalue weighted by molar-refractivity contribution is 6.24. The van der Waals surface area contributed by atoms with Gasteiger partial charge in [-0.25, -0.2) is 4.79 Å². The van der Waals surface area contributed by atoms with Gasteiger partial charge < -0.3 is 4.84 Å². The second kappa shape index (κ2) is 8.15. The van der Waals surface area contributed by atoms with Gasteiger partial charge in [-0.05, 0) is 30.9 Å². The normalized spacial score (nSPS) is 15.8. The van der Waals surface area contributed by atoms with Gasteiger partial charge in [0.1, 0.15) is 0 Å². The fraction of sp³-hybridized carbons (Fsp3) is 0.562. The predicted molar refractivity (Wildman–Crippen MR) is 81.3 cm³/mol. The molecule has 1 aromatic rings. The van der Waals surface area contributed by atoms with Crippen molar-refractivity contribution in [3.63, 3.8) is 0 Å². The number of carbonyl (C=O) groups excluding carboxylic acids is 1. The van der Waals surface area contributed by atoms with Gasteiger partial charge in [0.2, 0.25) is 0 Å². The Morgan fingerprint density at radius 2 is 1.90 bits per heavy atom. The van der Waals surface area contributed by atoms with E-state index < -0.39 is 0 Å². The number of benzene rings is 1. The summed E-state index contributed by atoms with van der Waals surface area (Å²) < 4.78 is 1.02. The molecule has 0 atom stereocenters. The molecule has 0 aromatic heterocycles. The number of anilines is 1. The van der Waals surface area contributed by atoms with Crippen molar-refractivity contribution < 1.29 is 9.63 Å². The largest absolute Gasteiger partial charge is 0.334 e. The van der Waals surface area contributed by atoms with Crippen LogP contribution in [0.4, 0.5) is 5.69 Å². The summed E-state index contributed by atoms with van der Waals surface area (Å²) in [4.78, 5) is 16.8. The van der Waals surface area contributed by atoms with Gasteiger partial charge in [-0.1, -0.05) is 50.3 Å². The highest BCUT2D eigenvalue weighted by Gasteiger charge is 2.15. The van der Waals surface area contributed by atoms with E-state index in [9.17, 15) is 4.79 Å². The number of nitrogens with zero attached hydrogens (tertiary/aromatic N) is 1. The highest BCUT2D eigenvalue weighted by Crippen LogP contribution is 2.27. The maximum Gasteiger partial charge on any atom is 0.334 e. The summed E-state index contributed by atoms with van der Waals surface area (Å²) in [7, 11) is 0. The van der Waals surface area contributed by atoms with Crippen LogP contribution >= 0.6 is 11.8 Å². The Labute approximate surface area is 125 Å². The maximum atomic E-state index is 11.7. The molecule has 0 unspecified atom stereocenters. The van der Waals surface area contributed by atoms with Crippen molar-refractivity contribution in [3.05, 3.63) is 30.3 Å². The first-order valence-corrected chi connectivity index (χ1v) is 7.81. The summed E-state index contributed by atoms with van der Waals surface area (Å²) in [5, 5.41) is 0. The van der Waals surface area contributed by atoms with Crippen molar-refractivity contribution in [1.29, 1.82) is 0 Å². The molecule has 4 heteroatoms. The zero-order chi connectivity index (χ0) is 14.2. The van der Waals surface area contributed by atoms with Crippen molar-refractivity contribution in [2.24, 2.45) is 5.92 Å². The molecule has 1 aromatic carbocycles. The van der Waals surface area contributed by atoms with E-state index >= 15 is 0 Å². The molecular formula is C16H22ClNO2. The third-order valence-electron chi connectivity index (χ3n) is 3.86. The van der Waals surface area contributed by atoms with Gasteiger partial charge in [0.15, 0.2) is 0 Å². The van der Waals surface area contributed by atoms with Crippen molar-refractivity contribution in [3.8, 4) is 0 Å². The molecule has 2 rings (SSSR count). The Balaban J connectivity index is 1.65. The molecule has 0 bridgehead atoms. The summed E-state index contributed by atoms with van der Waals surface area (Å²) in [6, 6.07) is 9.17.